The van der Waals surface area contributed by atoms with E-state index in [9.17, 15) is 0 Å². The minimum Gasteiger partial charge on any atom is -0.381 e. The molecule has 0 amide bonds. The van der Waals surface area contributed by atoms with Gasteiger partial charge in [0.1, 0.15) is 0 Å². The van der Waals surface area contributed by atoms with E-state index in [0.717, 1.165) is 26.1 Å². The third-order valence-corrected chi connectivity index (χ3v) is 4.46. The number of aryl methyl sites for hydroxylation is 1. The molecule has 0 aliphatic carbocycles. The molecule has 3 nitrogen and oxygen atoms in total. The van der Waals surface area contributed by atoms with E-state index in [1.165, 1.54) is 9.75 Å². The first-order valence-electron chi connectivity index (χ1n) is 5.63. The van der Waals surface area contributed by atoms with Gasteiger partial charge in [0.2, 0.25) is 0 Å². The number of hydrogen-bond acceptors (Lipinski definition) is 4. The second kappa shape index (κ2) is 4.84. The summed E-state index contributed by atoms with van der Waals surface area (Å²) in [4.78, 5) is 2.50. The largest absolute Gasteiger partial charge is 0.381 e. The zero-order chi connectivity index (χ0) is 11.6. The van der Waals surface area contributed by atoms with Crippen LogP contribution in [0.2, 0.25) is 0 Å². The molecule has 90 valence electrons. The van der Waals surface area contributed by atoms with Crippen LogP contribution in [0.15, 0.2) is 12.1 Å². The topological polar surface area (TPSA) is 44.5 Å². The highest BCUT2D eigenvalue weighted by atomic mass is 32.1. The summed E-state index contributed by atoms with van der Waals surface area (Å²) in [7, 11) is 1.76. The van der Waals surface area contributed by atoms with Crippen molar-refractivity contribution in [2.45, 2.75) is 31.4 Å². The molecule has 0 radical (unpaired) electrons. The Morgan fingerprint density at radius 3 is 2.62 bits per heavy atom. The van der Waals surface area contributed by atoms with Gasteiger partial charge < -0.3 is 15.2 Å². The average Bonchev–Trinajstić information content (AvgIpc) is 2.76. The van der Waals surface area contributed by atoms with Gasteiger partial charge in [-0.25, -0.2) is 0 Å². The maximum Gasteiger partial charge on any atom is 0.0922 e. The van der Waals surface area contributed by atoms with Gasteiger partial charge in [-0.15, -0.1) is 11.3 Å². The molecular weight excluding hydrogens is 222 g/mol. The van der Waals surface area contributed by atoms with Gasteiger partial charge >= 0.3 is 0 Å². The molecule has 1 aliphatic rings. The molecule has 1 aromatic rings. The van der Waals surface area contributed by atoms with Crippen molar-refractivity contribution in [3.05, 3.63) is 21.9 Å². The number of hydrogen-bond donors (Lipinski definition) is 1. The highest BCUT2D eigenvalue weighted by Gasteiger charge is 2.39. The maximum absolute atomic E-state index is 6.36. The summed E-state index contributed by atoms with van der Waals surface area (Å²) in [5.74, 6) is 0. The highest BCUT2D eigenvalue weighted by Crippen LogP contribution is 2.37. The molecule has 2 heterocycles. The Hall–Kier alpha value is -0.420. The zero-order valence-electron chi connectivity index (χ0n) is 9.86. The van der Waals surface area contributed by atoms with Gasteiger partial charge in [0.05, 0.1) is 11.6 Å². The Morgan fingerprint density at radius 2 is 2.12 bits per heavy atom. The fraction of sp³-hybridized carbons (Fsp3) is 0.667. The predicted octanol–water partition coefficient (Wildman–Crippen LogP) is 2.25. The fourth-order valence-electron chi connectivity index (χ4n) is 2.24. The molecule has 2 rings (SSSR count). The van der Waals surface area contributed by atoms with Crippen molar-refractivity contribution in [3.8, 4) is 0 Å². The van der Waals surface area contributed by atoms with Crippen molar-refractivity contribution in [3.63, 3.8) is 0 Å². The normalized spacial score (nSPS) is 21.9. The van der Waals surface area contributed by atoms with Gasteiger partial charge in [0, 0.05) is 42.9 Å². The third-order valence-electron chi connectivity index (χ3n) is 3.38. The van der Waals surface area contributed by atoms with Gasteiger partial charge in [-0.05, 0) is 19.1 Å². The fourth-order valence-corrected chi connectivity index (χ4v) is 3.22. The van der Waals surface area contributed by atoms with Gasteiger partial charge in [-0.3, -0.25) is 0 Å². The molecule has 4 heteroatoms. The van der Waals surface area contributed by atoms with Crippen LogP contribution < -0.4 is 5.73 Å². The van der Waals surface area contributed by atoms with Gasteiger partial charge in [0.15, 0.2) is 0 Å². The van der Waals surface area contributed by atoms with Crippen LogP contribution in [-0.2, 0) is 9.47 Å². The standard InChI is InChI=1S/C12H19NO2S/c1-9-3-4-10(16-9)11(13)12(14-2)5-7-15-8-6-12/h3-4,11H,5-8,13H2,1-2H3. The first-order valence-corrected chi connectivity index (χ1v) is 6.44. The first-order chi connectivity index (χ1) is 7.68. The van der Waals surface area contributed by atoms with Crippen LogP contribution in [0.4, 0.5) is 0 Å². The molecule has 1 aliphatic heterocycles. The van der Waals surface area contributed by atoms with Crippen molar-refractivity contribution in [2.24, 2.45) is 5.73 Å². The lowest BCUT2D eigenvalue weighted by Gasteiger charge is -2.40. The molecule has 1 unspecified atom stereocenters. The van der Waals surface area contributed by atoms with E-state index in [1.807, 2.05) is 0 Å². The van der Waals surface area contributed by atoms with Crippen LogP contribution in [0.1, 0.15) is 28.6 Å². The molecule has 2 N–H and O–H groups in total. The third kappa shape index (κ3) is 2.15. The lowest BCUT2D eigenvalue weighted by Crippen LogP contribution is -2.47. The zero-order valence-corrected chi connectivity index (χ0v) is 10.7. The minimum atomic E-state index is -0.241. The van der Waals surface area contributed by atoms with Gasteiger partial charge in [0.25, 0.3) is 0 Å². The molecule has 0 saturated carbocycles. The first kappa shape index (κ1) is 12.0. The summed E-state index contributed by atoms with van der Waals surface area (Å²) in [6, 6.07) is 4.18. The van der Waals surface area contributed by atoms with E-state index in [1.54, 1.807) is 18.4 Å². The minimum absolute atomic E-state index is 0.0416. The molecule has 1 saturated heterocycles. The monoisotopic (exact) mass is 241 g/mol. The van der Waals surface area contributed by atoms with Crippen molar-refractivity contribution in [2.75, 3.05) is 20.3 Å². The number of methoxy groups -OCH3 is 1. The molecule has 1 aromatic heterocycles. The molecular formula is C12H19NO2S. The van der Waals surface area contributed by atoms with Crippen molar-refractivity contribution < 1.29 is 9.47 Å². The van der Waals surface area contributed by atoms with Gasteiger partial charge in [-0.2, -0.15) is 0 Å². The van der Waals surface area contributed by atoms with Crippen LogP contribution in [0.25, 0.3) is 0 Å². The highest BCUT2D eigenvalue weighted by molar-refractivity contribution is 7.12. The number of ether oxygens (including phenoxy) is 2. The lowest BCUT2D eigenvalue weighted by molar-refractivity contribution is -0.104. The SMILES string of the molecule is COC1(C(N)c2ccc(C)s2)CCOCC1. The van der Waals surface area contributed by atoms with Crippen molar-refractivity contribution >= 4 is 11.3 Å². The summed E-state index contributed by atoms with van der Waals surface area (Å²) in [5, 5.41) is 0. The van der Waals surface area contributed by atoms with E-state index >= 15 is 0 Å². The van der Waals surface area contributed by atoms with E-state index in [0.29, 0.717) is 0 Å². The molecule has 1 fully saturated rings. The summed E-state index contributed by atoms with van der Waals surface area (Å²) < 4.78 is 11.1. The number of rotatable bonds is 3. The van der Waals surface area contributed by atoms with E-state index in [2.05, 4.69) is 19.1 Å². The summed E-state index contributed by atoms with van der Waals surface area (Å²) in [6.07, 6.45) is 1.75. The Labute approximate surface area is 101 Å². The van der Waals surface area contributed by atoms with Crippen LogP contribution in [-0.4, -0.2) is 25.9 Å². The van der Waals surface area contributed by atoms with Crippen molar-refractivity contribution in [1.29, 1.82) is 0 Å². The van der Waals surface area contributed by atoms with Crippen LogP contribution in [0.3, 0.4) is 0 Å². The Kier molecular flexibility index (Phi) is 3.64. The molecule has 0 spiro atoms. The Morgan fingerprint density at radius 1 is 1.44 bits per heavy atom. The van der Waals surface area contributed by atoms with Crippen LogP contribution >= 0.6 is 11.3 Å². The average molecular weight is 241 g/mol. The van der Waals surface area contributed by atoms with Crippen LogP contribution in [0, 0.1) is 6.92 Å². The molecule has 1 atom stereocenters. The number of nitrogens with two attached hydrogens (primary N) is 1. The van der Waals surface area contributed by atoms with Crippen molar-refractivity contribution in [1.82, 2.24) is 0 Å². The maximum atomic E-state index is 6.36. The van der Waals surface area contributed by atoms with E-state index < -0.39 is 0 Å². The second-order valence-corrected chi connectivity index (χ2v) is 5.63. The molecule has 0 bridgehead atoms. The Bertz CT molecular complexity index is 345. The smallest absolute Gasteiger partial charge is 0.0922 e. The van der Waals surface area contributed by atoms with Gasteiger partial charge in [-0.1, -0.05) is 0 Å². The van der Waals surface area contributed by atoms with E-state index in [4.69, 9.17) is 15.2 Å². The summed E-state index contributed by atoms with van der Waals surface area (Å²) in [6.45, 7) is 3.59. The van der Waals surface area contributed by atoms with Crippen LogP contribution in [0.5, 0.6) is 0 Å². The molecule has 16 heavy (non-hydrogen) atoms. The van der Waals surface area contributed by atoms with E-state index in [-0.39, 0.29) is 11.6 Å². The quantitative estimate of drug-likeness (QED) is 0.882. The Balaban J connectivity index is 2.20. The second-order valence-electron chi connectivity index (χ2n) is 4.31. The number of thiophene rings is 1. The summed E-state index contributed by atoms with van der Waals surface area (Å²) in [5.41, 5.74) is 6.12. The summed E-state index contributed by atoms with van der Waals surface area (Å²) >= 11 is 1.76. The lowest BCUT2D eigenvalue weighted by atomic mass is 9.85. The molecule has 0 aromatic carbocycles. The predicted molar refractivity (Wildman–Crippen MR) is 65.8 cm³/mol.